The van der Waals surface area contributed by atoms with Gasteiger partial charge in [-0.1, -0.05) is 55.4 Å². The number of methoxy groups -OCH3 is 2. The second-order valence-electron chi connectivity index (χ2n) is 13.1. The van der Waals surface area contributed by atoms with Gasteiger partial charge in [0.1, 0.15) is 27.2 Å². The number of unbranched alkanes of at least 4 members (excludes halogenated alkanes) is 2. The Hall–Kier alpha value is -5.60. The average Bonchev–Trinajstić information content (AvgIpc) is 3.90. The summed E-state index contributed by atoms with van der Waals surface area (Å²) in [5.41, 5.74) is 7.08. The summed E-state index contributed by atoms with van der Waals surface area (Å²) in [6, 6.07) is 17.0. The number of benzene rings is 2. The molecule has 292 valence electrons. The number of hydrogen-bond donors (Lipinski definition) is 0. The van der Waals surface area contributed by atoms with Crippen molar-refractivity contribution in [3.8, 4) is 32.6 Å². The number of nitrogens with zero attached hydrogens (tertiary/aromatic N) is 8. The van der Waals surface area contributed by atoms with Crippen molar-refractivity contribution in [1.29, 1.82) is 0 Å². The van der Waals surface area contributed by atoms with E-state index in [4.69, 9.17) is 9.47 Å². The van der Waals surface area contributed by atoms with Crippen LogP contribution < -0.4 is 19.3 Å². The number of amides is 2. The van der Waals surface area contributed by atoms with Gasteiger partial charge < -0.3 is 9.47 Å². The summed E-state index contributed by atoms with van der Waals surface area (Å²) in [6.07, 6.45) is 8.60. The third kappa shape index (κ3) is 9.98. The third-order valence-electron chi connectivity index (χ3n) is 8.87. The van der Waals surface area contributed by atoms with Crippen LogP contribution in [0.5, 0.6) is 11.5 Å². The maximum absolute atomic E-state index is 13.0. The minimum absolute atomic E-state index is 0.105. The van der Waals surface area contributed by atoms with Crippen molar-refractivity contribution < 1.29 is 19.1 Å². The molecule has 0 saturated heterocycles. The van der Waals surface area contributed by atoms with Crippen LogP contribution in [0.15, 0.2) is 73.2 Å². The van der Waals surface area contributed by atoms with E-state index in [1.165, 1.54) is 22.7 Å². The fourth-order valence-electron chi connectivity index (χ4n) is 6.15. The molecule has 2 aromatic carbocycles. The van der Waals surface area contributed by atoms with Crippen LogP contribution >= 0.6 is 22.7 Å². The molecule has 4 aromatic heterocycles. The molecule has 0 aliphatic carbocycles. The number of carbonyl (C=O) groups excluding carboxylic acids is 2. The minimum atomic E-state index is -0.154. The summed E-state index contributed by atoms with van der Waals surface area (Å²) in [6.45, 7) is 13.4. The van der Waals surface area contributed by atoms with Crippen LogP contribution in [0.3, 0.4) is 0 Å². The zero-order chi connectivity index (χ0) is 40.2. The Morgan fingerprint density at radius 1 is 0.643 bits per heavy atom. The Balaban J connectivity index is 0.000000214. The fraction of sp³-hybridized carbons (Fsp3) is 0.333. The highest BCUT2D eigenvalue weighted by Crippen LogP contribution is 2.36. The monoisotopic (exact) mass is 792 g/mol. The number of ether oxygens (including phenoxy) is 2. The van der Waals surface area contributed by atoms with E-state index in [1.54, 1.807) is 66.9 Å². The van der Waals surface area contributed by atoms with E-state index in [0.717, 1.165) is 80.6 Å². The van der Waals surface area contributed by atoms with Gasteiger partial charge in [0.25, 0.3) is 11.8 Å². The van der Waals surface area contributed by atoms with Gasteiger partial charge in [0, 0.05) is 42.8 Å². The molecular weight excluding hydrogens is 745 g/mol. The predicted octanol–water partition coefficient (Wildman–Crippen LogP) is 9.34. The zero-order valence-corrected chi connectivity index (χ0v) is 34.8. The Kier molecular flexibility index (Phi) is 14.7. The van der Waals surface area contributed by atoms with Crippen molar-refractivity contribution >= 4 is 44.8 Å². The van der Waals surface area contributed by atoms with Gasteiger partial charge in [-0.3, -0.25) is 29.4 Å². The summed E-state index contributed by atoms with van der Waals surface area (Å²) in [4.78, 5) is 37.6. The lowest BCUT2D eigenvalue weighted by atomic mass is 10.1. The molecule has 14 heteroatoms. The number of rotatable bonds is 14. The molecule has 0 bridgehead atoms. The molecule has 12 nitrogen and oxygen atoms in total. The van der Waals surface area contributed by atoms with Gasteiger partial charge in [0.05, 0.1) is 19.8 Å². The van der Waals surface area contributed by atoms with Gasteiger partial charge in [-0.15, -0.1) is 20.4 Å². The van der Waals surface area contributed by atoms with Crippen molar-refractivity contribution in [1.82, 2.24) is 30.4 Å². The lowest BCUT2D eigenvalue weighted by Crippen LogP contribution is -2.32. The molecule has 0 unspecified atom stereocenters. The van der Waals surface area contributed by atoms with E-state index in [9.17, 15) is 9.59 Å². The first-order valence-corrected chi connectivity index (χ1v) is 20.2. The van der Waals surface area contributed by atoms with Crippen LogP contribution in [-0.4, -0.2) is 69.5 Å². The fourth-order valence-corrected chi connectivity index (χ4v) is 7.86. The Bertz CT molecular complexity index is 2020. The lowest BCUT2D eigenvalue weighted by Gasteiger charge is -2.18. The van der Waals surface area contributed by atoms with Crippen LogP contribution in [0, 0.1) is 27.7 Å². The highest BCUT2D eigenvalue weighted by atomic mass is 32.1. The Morgan fingerprint density at radius 3 is 1.55 bits per heavy atom. The molecular formula is C42H48N8O4S2. The van der Waals surface area contributed by atoms with Crippen molar-refractivity contribution in [2.24, 2.45) is 0 Å². The van der Waals surface area contributed by atoms with E-state index in [1.807, 2.05) is 58.0 Å². The summed E-state index contributed by atoms with van der Waals surface area (Å²) in [5.74, 6) is 1.50. The largest absolute Gasteiger partial charge is 0.496 e. The average molecular weight is 793 g/mol. The van der Waals surface area contributed by atoms with E-state index >= 15 is 0 Å². The minimum Gasteiger partial charge on any atom is -0.496 e. The molecule has 6 aromatic rings. The highest BCUT2D eigenvalue weighted by Gasteiger charge is 2.24. The molecule has 56 heavy (non-hydrogen) atoms. The van der Waals surface area contributed by atoms with Gasteiger partial charge >= 0.3 is 0 Å². The number of aryl methyl sites for hydroxylation is 4. The van der Waals surface area contributed by atoms with Gasteiger partial charge in [0.2, 0.25) is 10.3 Å². The van der Waals surface area contributed by atoms with E-state index < -0.39 is 0 Å². The number of hydrogen-bond acceptors (Lipinski definition) is 12. The molecule has 0 fully saturated rings. The summed E-state index contributed by atoms with van der Waals surface area (Å²) in [5, 5.41) is 20.1. The standard InChI is InChI=1S/2C21H24N4O2S/c1-5-6-11-25(20(26)17-9-7-8-10-22-17)21-24-23-19(28-21)16-12-14(2)18(27-4)15(3)13-16;1-5-6-10-25(20(26)16-8-7-9-22-13-16)21-24-23-19(28-21)17-11-14(2)18(27-4)15(3)12-17/h7-10,12-13H,5-6,11H2,1-4H3;7-9,11-13H,5-6,10H2,1-4H3. The quantitative estimate of drug-likeness (QED) is 0.105. The summed E-state index contributed by atoms with van der Waals surface area (Å²) < 4.78 is 10.9. The lowest BCUT2D eigenvalue weighted by molar-refractivity contribution is 0.0975. The first-order valence-electron chi connectivity index (χ1n) is 18.5. The van der Waals surface area contributed by atoms with Crippen molar-refractivity contribution in [2.45, 2.75) is 67.2 Å². The van der Waals surface area contributed by atoms with Crippen LogP contribution in [0.1, 0.15) is 82.6 Å². The molecule has 2 amide bonds. The van der Waals surface area contributed by atoms with Gasteiger partial charge in [-0.05, 0) is 111 Å². The molecule has 4 heterocycles. The second-order valence-corrected chi connectivity index (χ2v) is 15.1. The highest BCUT2D eigenvalue weighted by molar-refractivity contribution is 7.19. The smallest absolute Gasteiger partial charge is 0.278 e. The molecule has 0 aliphatic rings. The van der Waals surface area contributed by atoms with E-state index in [0.29, 0.717) is 34.6 Å². The third-order valence-corrected chi connectivity index (χ3v) is 10.9. The molecule has 0 saturated carbocycles. The van der Waals surface area contributed by atoms with Crippen LogP contribution in [0.4, 0.5) is 10.3 Å². The maximum Gasteiger partial charge on any atom is 0.278 e. The van der Waals surface area contributed by atoms with Crippen LogP contribution in [0.2, 0.25) is 0 Å². The van der Waals surface area contributed by atoms with Crippen molar-refractivity contribution in [3.63, 3.8) is 0 Å². The predicted molar refractivity (Wildman–Crippen MR) is 224 cm³/mol. The van der Waals surface area contributed by atoms with Crippen molar-refractivity contribution in [2.75, 3.05) is 37.1 Å². The van der Waals surface area contributed by atoms with Crippen LogP contribution in [0.25, 0.3) is 21.1 Å². The summed E-state index contributed by atoms with van der Waals surface area (Å²) in [7, 11) is 3.35. The Labute approximate surface area is 336 Å². The van der Waals surface area contributed by atoms with Crippen LogP contribution in [-0.2, 0) is 0 Å². The normalized spacial score (nSPS) is 10.7. The first-order chi connectivity index (χ1) is 27.1. The second kappa shape index (κ2) is 19.8. The zero-order valence-electron chi connectivity index (χ0n) is 33.2. The number of pyridine rings is 2. The van der Waals surface area contributed by atoms with Gasteiger partial charge in [0.15, 0.2) is 0 Å². The van der Waals surface area contributed by atoms with Crippen molar-refractivity contribution in [3.05, 3.63) is 107 Å². The number of carbonyl (C=O) groups is 2. The topological polar surface area (TPSA) is 136 Å². The molecule has 0 N–H and O–H groups in total. The maximum atomic E-state index is 13.0. The summed E-state index contributed by atoms with van der Waals surface area (Å²) >= 11 is 2.83. The number of aromatic nitrogens is 6. The van der Waals surface area contributed by atoms with Gasteiger partial charge in [-0.2, -0.15) is 0 Å². The van der Waals surface area contributed by atoms with Gasteiger partial charge in [-0.25, -0.2) is 0 Å². The SMILES string of the molecule is CCCCN(C(=O)c1ccccn1)c1nnc(-c2cc(C)c(OC)c(C)c2)s1.CCCCN(C(=O)c1cccnc1)c1nnc(-c2cc(C)c(OC)c(C)c2)s1. The molecule has 6 rings (SSSR count). The first kappa shape index (κ1) is 41.6. The van der Waals surface area contributed by atoms with E-state index in [2.05, 4.69) is 44.2 Å². The number of anilines is 2. The molecule has 0 aliphatic heterocycles. The Morgan fingerprint density at radius 2 is 1.14 bits per heavy atom. The molecule has 0 radical (unpaired) electrons. The molecule has 0 spiro atoms. The van der Waals surface area contributed by atoms with E-state index in [-0.39, 0.29) is 11.8 Å². The molecule has 0 atom stereocenters.